The van der Waals surface area contributed by atoms with Crippen molar-refractivity contribution < 1.29 is 68.6 Å². The monoisotopic (exact) mass is 893 g/mol. The first kappa shape index (κ1) is 54.6. The van der Waals surface area contributed by atoms with Gasteiger partial charge in [-0.25, -0.2) is 9.59 Å². The highest BCUT2D eigenvalue weighted by molar-refractivity contribution is 5.83. The Morgan fingerprint density at radius 3 is 1.81 bits per heavy atom. The molecule has 0 bridgehead atoms. The molecular weight excluding hydrogens is 813 g/mol. The molecule has 2 fully saturated rings. The fourth-order valence-corrected chi connectivity index (χ4v) is 9.40. The largest absolute Gasteiger partial charge is 0.458 e. The molecule has 0 aliphatic carbocycles. The lowest BCUT2D eigenvalue weighted by atomic mass is 9.76. The summed E-state index contributed by atoms with van der Waals surface area (Å²) >= 11 is 0. The van der Waals surface area contributed by atoms with Crippen molar-refractivity contribution in [2.45, 2.75) is 181 Å². The van der Waals surface area contributed by atoms with Crippen LogP contribution in [0, 0.1) is 47.3 Å². The first-order valence-corrected chi connectivity index (χ1v) is 23.0. The summed E-state index contributed by atoms with van der Waals surface area (Å²) < 4.78 is 37.2. The van der Waals surface area contributed by atoms with Gasteiger partial charge in [0.2, 0.25) is 0 Å². The highest BCUT2D eigenvalue weighted by atomic mass is 16.7. The topological polar surface area (TPSA) is 211 Å². The third-order valence-corrected chi connectivity index (χ3v) is 13.9. The van der Waals surface area contributed by atoms with Crippen LogP contribution in [0.2, 0.25) is 0 Å². The summed E-state index contributed by atoms with van der Waals surface area (Å²) in [4.78, 5) is 26.7. The summed E-state index contributed by atoms with van der Waals surface area (Å²) in [6.07, 6.45) is 7.90. The number of allylic oxidation sites excluding steroid dienone is 4. The number of cyclic esters (lactones) is 2. The van der Waals surface area contributed by atoms with E-state index >= 15 is 0 Å². The molecule has 1 unspecified atom stereocenters. The Balaban J connectivity index is 1.82. The van der Waals surface area contributed by atoms with Crippen molar-refractivity contribution >= 4 is 11.9 Å². The molecule has 14 nitrogen and oxygen atoms in total. The van der Waals surface area contributed by atoms with Gasteiger partial charge in [0.15, 0.2) is 12.1 Å². The Labute approximate surface area is 376 Å². The van der Waals surface area contributed by atoms with Gasteiger partial charge in [0, 0.05) is 79.4 Å². The highest BCUT2D eigenvalue weighted by Crippen LogP contribution is 2.44. The lowest BCUT2D eigenvalue weighted by Crippen LogP contribution is -2.60. The van der Waals surface area contributed by atoms with Crippen LogP contribution >= 0.6 is 0 Å². The molecule has 3 heterocycles. The molecule has 0 aromatic carbocycles. The second-order valence-corrected chi connectivity index (χ2v) is 18.4. The van der Waals surface area contributed by atoms with E-state index in [9.17, 15) is 40.2 Å². The van der Waals surface area contributed by atoms with Gasteiger partial charge >= 0.3 is 11.9 Å². The van der Waals surface area contributed by atoms with E-state index < -0.39 is 121 Å². The Bertz CT molecular complexity index is 1550. The average Bonchev–Trinajstić information content (AvgIpc) is 3.24. The molecule has 14 heteroatoms. The zero-order chi connectivity index (χ0) is 47.3. The summed E-state index contributed by atoms with van der Waals surface area (Å²) in [5, 5.41) is 65.1. The van der Waals surface area contributed by atoms with E-state index in [0.29, 0.717) is 6.42 Å². The Hall–Kier alpha value is -2.76. The van der Waals surface area contributed by atoms with Gasteiger partial charge in [0.1, 0.15) is 18.3 Å². The summed E-state index contributed by atoms with van der Waals surface area (Å²) in [5.74, 6) is -6.18. The minimum Gasteiger partial charge on any atom is -0.458 e. The average molecular weight is 893 g/mol. The van der Waals surface area contributed by atoms with Crippen molar-refractivity contribution in [2.75, 3.05) is 7.11 Å². The molecule has 63 heavy (non-hydrogen) atoms. The summed E-state index contributed by atoms with van der Waals surface area (Å²) in [7, 11) is 1.52. The van der Waals surface area contributed by atoms with Gasteiger partial charge in [-0.3, -0.25) is 0 Å². The van der Waals surface area contributed by atoms with Crippen molar-refractivity contribution in [3.8, 4) is 0 Å². The van der Waals surface area contributed by atoms with E-state index in [2.05, 4.69) is 0 Å². The van der Waals surface area contributed by atoms with Crippen LogP contribution in [0.25, 0.3) is 0 Å². The van der Waals surface area contributed by atoms with Crippen LogP contribution in [-0.2, 0) is 38.0 Å². The lowest BCUT2D eigenvalue weighted by Gasteiger charge is -2.52. The number of carbonyl (C=O) groups excluding carboxylic acids is 2. The SMILES string of the molecule is CC[C@@H]1[C@@H](C)O[C@@](OC)([C@@H](C)[C@H](O)[C@H](C)[C@H]2OC(=O)/C=C/C=C/[C@H](C)[C@@H]([C@@H](C)[C@@H](O)[C@H](C)C(O)/C=C/[C@H](CC)[C@@H](C)O)OC(=O)C=C/C=C/[C@@H]2C)C[C@H]1O[C@H]1C[C@H](O)[C@H](O)[C@H](C)O1. The van der Waals surface area contributed by atoms with Gasteiger partial charge in [-0.2, -0.15) is 0 Å². The molecule has 0 saturated carbocycles. The van der Waals surface area contributed by atoms with Gasteiger partial charge in [0.25, 0.3) is 0 Å². The minimum absolute atomic E-state index is 0.0567. The molecule has 0 spiro atoms. The van der Waals surface area contributed by atoms with Crippen molar-refractivity contribution in [2.24, 2.45) is 47.3 Å². The maximum atomic E-state index is 13.4. The smallest absolute Gasteiger partial charge is 0.331 e. The Morgan fingerprint density at radius 1 is 0.794 bits per heavy atom. The zero-order valence-corrected chi connectivity index (χ0v) is 39.6. The quantitative estimate of drug-likeness (QED) is 0.0855. The van der Waals surface area contributed by atoms with Crippen LogP contribution < -0.4 is 0 Å². The lowest BCUT2D eigenvalue weighted by molar-refractivity contribution is -0.352. The maximum Gasteiger partial charge on any atom is 0.331 e. The van der Waals surface area contributed by atoms with Gasteiger partial charge < -0.3 is 59.1 Å². The van der Waals surface area contributed by atoms with Gasteiger partial charge in [-0.05, 0) is 33.6 Å². The van der Waals surface area contributed by atoms with E-state index in [4.69, 9.17) is 28.4 Å². The first-order valence-electron chi connectivity index (χ1n) is 23.0. The predicted octanol–water partition coefficient (Wildman–Crippen LogP) is 5.33. The number of hydrogen-bond donors (Lipinski definition) is 6. The zero-order valence-electron chi connectivity index (χ0n) is 39.6. The third-order valence-electron chi connectivity index (χ3n) is 13.9. The van der Waals surface area contributed by atoms with Crippen molar-refractivity contribution in [3.05, 3.63) is 60.8 Å². The number of rotatable bonds is 16. The Kier molecular flexibility index (Phi) is 21.9. The summed E-state index contributed by atoms with van der Waals surface area (Å²) in [6, 6.07) is 0. The molecule has 2 saturated heterocycles. The van der Waals surface area contributed by atoms with Crippen molar-refractivity contribution in [1.29, 1.82) is 0 Å². The van der Waals surface area contributed by atoms with Crippen LogP contribution in [0.5, 0.6) is 0 Å². The molecule has 3 aliphatic heterocycles. The number of hydrogen-bond acceptors (Lipinski definition) is 14. The first-order chi connectivity index (χ1) is 29.6. The van der Waals surface area contributed by atoms with E-state index in [1.165, 1.54) is 31.4 Å². The number of ether oxygens (including phenoxy) is 6. The van der Waals surface area contributed by atoms with Gasteiger partial charge in [-0.15, -0.1) is 0 Å². The minimum atomic E-state index is -1.31. The Morgan fingerprint density at radius 2 is 1.33 bits per heavy atom. The van der Waals surface area contributed by atoms with Gasteiger partial charge in [-0.1, -0.05) is 104 Å². The fraction of sp³-hybridized carbons (Fsp3) is 0.755. The molecule has 0 radical (unpaired) electrons. The number of methoxy groups -OCH3 is 1. The second kappa shape index (κ2) is 25.2. The number of carbonyl (C=O) groups is 2. The van der Waals surface area contributed by atoms with E-state index in [0.717, 1.165) is 6.42 Å². The number of aliphatic hydroxyl groups excluding tert-OH is 6. The maximum absolute atomic E-state index is 13.4. The molecule has 0 aromatic rings. The van der Waals surface area contributed by atoms with Crippen LogP contribution in [0.1, 0.15) is 102 Å². The van der Waals surface area contributed by atoms with E-state index in [1.807, 2.05) is 41.5 Å². The highest BCUT2D eigenvalue weighted by Gasteiger charge is 2.53. The van der Waals surface area contributed by atoms with Crippen LogP contribution in [-0.4, -0.2) is 129 Å². The summed E-state index contributed by atoms with van der Waals surface area (Å²) in [6.45, 7) is 20.1. The molecular formula is C49H80O14. The van der Waals surface area contributed by atoms with E-state index in [1.54, 1.807) is 71.1 Å². The van der Waals surface area contributed by atoms with Crippen LogP contribution in [0.3, 0.4) is 0 Å². The molecule has 21 atom stereocenters. The van der Waals surface area contributed by atoms with Crippen molar-refractivity contribution in [3.63, 3.8) is 0 Å². The molecule has 3 aliphatic rings. The molecule has 0 aromatic heterocycles. The standard InChI is InChI=1S/C49H80O14/c1-13-36(33(9)50)23-24-38(51)29(5)44(55)30(6)47-27(3)19-15-17-22-42(54)62-48(28(4)20-16-18-21-41(53)61-47)31(7)45(56)32(8)49(58-12)26-40(37(14-2)34(10)63-49)60-43-25-39(52)46(57)35(11)59-43/h15-24,27-40,43-48,50-52,55-57H,13-14,25-26H2,1-12H3/b19-15+,20-16+,21-18?,22-17+,24-23+/t27-,28-,29+,30-,31-,32-,33+,34+,35-,36-,37+,38?,39-,40+,43-,44-,45+,46+,47-,48-,49+/m0/s1. The second-order valence-electron chi connectivity index (χ2n) is 18.4. The molecule has 6 N–H and O–H groups in total. The fourth-order valence-electron chi connectivity index (χ4n) is 9.40. The van der Waals surface area contributed by atoms with Gasteiger partial charge in [0.05, 0.1) is 48.8 Å². The number of esters is 2. The van der Waals surface area contributed by atoms with Crippen LogP contribution in [0.15, 0.2) is 60.8 Å². The third kappa shape index (κ3) is 14.6. The van der Waals surface area contributed by atoms with Crippen molar-refractivity contribution in [1.82, 2.24) is 0 Å². The molecule has 0 amide bonds. The molecule has 360 valence electrons. The van der Waals surface area contributed by atoms with E-state index in [-0.39, 0.29) is 30.8 Å². The number of aliphatic hydroxyl groups is 6. The normalized spacial score (nSPS) is 38.5. The predicted molar refractivity (Wildman–Crippen MR) is 238 cm³/mol. The molecule has 3 rings (SSSR count). The summed E-state index contributed by atoms with van der Waals surface area (Å²) in [5.41, 5.74) is 0. The van der Waals surface area contributed by atoms with Crippen LogP contribution in [0.4, 0.5) is 0 Å².